The van der Waals surface area contributed by atoms with Gasteiger partial charge in [-0.3, -0.25) is 0 Å². The number of para-hydroxylation sites is 1. The van der Waals surface area contributed by atoms with E-state index in [1.54, 1.807) is 6.20 Å². The Balaban J connectivity index is 1.71. The third-order valence-electron chi connectivity index (χ3n) is 6.25. The van der Waals surface area contributed by atoms with Crippen LogP contribution < -0.4 is 9.47 Å². The van der Waals surface area contributed by atoms with Gasteiger partial charge in [-0.15, -0.1) is 0 Å². The molecule has 0 fully saturated rings. The molecule has 3 heterocycles. The van der Waals surface area contributed by atoms with E-state index in [9.17, 15) is 4.79 Å². The molecule has 1 aromatic heterocycles. The van der Waals surface area contributed by atoms with Crippen LogP contribution >= 0.6 is 0 Å². The number of carbonyl (C=O) groups excluding carboxylic acids is 1. The van der Waals surface area contributed by atoms with E-state index in [-0.39, 0.29) is 0 Å². The minimum atomic E-state index is -1.08. The van der Waals surface area contributed by atoms with E-state index in [0.717, 1.165) is 40.8 Å². The number of rotatable bonds is 7. The molecule has 0 bridgehead atoms. The van der Waals surface area contributed by atoms with Crippen molar-refractivity contribution in [2.24, 2.45) is 0 Å². The second-order valence-electron chi connectivity index (χ2n) is 8.27. The third kappa shape index (κ3) is 3.15. The van der Waals surface area contributed by atoms with Gasteiger partial charge in [0.2, 0.25) is 0 Å². The van der Waals surface area contributed by atoms with Crippen LogP contribution in [0.15, 0.2) is 54.7 Å². The number of benzene rings is 2. The molecule has 5 rings (SSSR count). The summed E-state index contributed by atoms with van der Waals surface area (Å²) in [5.74, 6) is 1.73. The second kappa shape index (κ2) is 8.30. The lowest BCUT2D eigenvalue weighted by Gasteiger charge is -2.36. The lowest BCUT2D eigenvalue weighted by Crippen LogP contribution is -2.33. The summed E-state index contributed by atoms with van der Waals surface area (Å²) in [6, 6.07) is 15.6. The number of hydrogen-bond acceptors (Lipinski definition) is 5. The summed E-state index contributed by atoms with van der Waals surface area (Å²) < 4.78 is 18.5. The van der Waals surface area contributed by atoms with E-state index < -0.39 is 11.6 Å². The van der Waals surface area contributed by atoms with Gasteiger partial charge in [0.25, 0.3) is 0 Å². The van der Waals surface area contributed by atoms with Crippen molar-refractivity contribution >= 4 is 5.97 Å². The van der Waals surface area contributed by atoms with Gasteiger partial charge in [0.1, 0.15) is 17.2 Å². The van der Waals surface area contributed by atoms with Crippen LogP contribution in [0, 0.1) is 0 Å². The lowest BCUT2D eigenvalue weighted by molar-refractivity contribution is 0.0221. The Labute approximate surface area is 188 Å². The first-order valence-electron chi connectivity index (χ1n) is 11.5. The molecule has 0 radical (unpaired) electrons. The highest BCUT2D eigenvalue weighted by molar-refractivity contribution is 5.95. The topological polar surface area (TPSA) is 57.7 Å². The first-order valence-corrected chi connectivity index (χ1v) is 11.5. The molecule has 0 saturated heterocycles. The molecule has 5 nitrogen and oxygen atoms in total. The number of aromatic nitrogens is 1. The van der Waals surface area contributed by atoms with E-state index in [4.69, 9.17) is 14.2 Å². The van der Waals surface area contributed by atoms with Crippen molar-refractivity contribution in [1.82, 2.24) is 4.98 Å². The summed E-state index contributed by atoms with van der Waals surface area (Å²) in [6.07, 6.45) is 7.18. The average molecular weight is 430 g/mol. The molecule has 32 heavy (non-hydrogen) atoms. The first kappa shape index (κ1) is 20.6. The first-order chi connectivity index (χ1) is 15.7. The zero-order valence-corrected chi connectivity index (χ0v) is 18.5. The van der Waals surface area contributed by atoms with Gasteiger partial charge in [-0.1, -0.05) is 50.5 Å². The molecule has 2 aromatic carbocycles. The number of fused-ring (bicyclic) bond motifs is 6. The Morgan fingerprint density at radius 2 is 1.78 bits per heavy atom. The minimum Gasteiger partial charge on any atom is -0.493 e. The summed E-state index contributed by atoms with van der Waals surface area (Å²) >= 11 is 0. The maximum absolute atomic E-state index is 12.9. The molecule has 0 N–H and O–H groups in total. The molecule has 2 aliphatic rings. The maximum Gasteiger partial charge on any atom is 0.358 e. The largest absolute Gasteiger partial charge is 0.493 e. The van der Waals surface area contributed by atoms with Crippen LogP contribution in [-0.2, 0) is 16.8 Å². The highest BCUT2D eigenvalue weighted by Crippen LogP contribution is 2.56. The van der Waals surface area contributed by atoms with Gasteiger partial charge in [-0.2, -0.15) is 0 Å². The van der Waals surface area contributed by atoms with Gasteiger partial charge in [-0.25, -0.2) is 9.78 Å². The molecule has 0 amide bonds. The van der Waals surface area contributed by atoms with Gasteiger partial charge in [-0.05, 0) is 43.5 Å². The highest BCUT2D eigenvalue weighted by atomic mass is 16.6. The van der Waals surface area contributed by atoms with Crippen molar-refractivity contribution in [2.75, 3.05) is 6.61 Å². The fraction of sp³-hybridized carbons (Fsp3) is 0.333. The van der Waals surface area contributed by atoms with Gasteiger partial charge in [0.05, 0.1) is 6.61 Å². The Bertz CT molecular complexity index is 1170. The standard InChI is InChI=1S/C27H27NO4/c1-3-5-6-7-11-18-16-21-24(17-23(18)30-4-2)31-22-14-9-8-12-19(22)27(21)20-13-10-15-28-25(20)26(29)32-27/h8-10,12-17H,3-7,11H2,1-2H3. The second-order valence-corrected chi connectivity index (χ2v) is 8.27. The number of aryl methyl sites for hydroxylation is 1. The van der Waals surface area contributed by atoms with Crippen LogP contribution in [0.4, 0.5) is 0 Å². The molecule has 1 spiro atoms. The van der Waals surface area contributed by atoms with Crippen molar-refractivity contribution in [2.45, 2.75) is 51.6 Å². The van der Waals surface area contributed by atoms with Crippen LogP contribution in [0.1, 0.15) is 72.3 Å². The van der Waals surface area contributed by atoms with Gasteiger partial charge >= 0.3 is 5.97 Å². The normalized spacial score (nSPS) is 17.9. The zero-order chi connectivity index (χ0) is 22.1. The number of unbranched alkanes of at least 4 members (excludes halogenated alkanes) is 3. The monoisotopic (exact) mass is 429 g/mol. The number of pyridine rings is 1. The number of hydrogen-bond donors (Lipinski definition) is 0. The quantitative estimate of drug-likeness (QED) is 0.332. The molecular formula is C27H27NO4. The zero-order valence-electron chi connectivity index (χ0n) is 18.5. The van der Waals surface area contributed by atoms with E-state index in [1.165, 1.54) is 19.3 Å². The SMILES string of the molecule is CCCCCCc1cc2c(cc1OCC)Oc1ccccc1C21OC(=O)c2ncccc21. The summed E-state index contributed by atoms with van der Waals surface area (Å²) in [6.45, 7) is 4.77. The van der Waals surface area contributed by atoms with E-state index in [0.29, 0.717) is 23.8 Å². The van der Waals surface area contributed by atoms with Crippen molar-refractivity contribution in [3.63, 3.8) is 0 Å². The Morgan fingerprint density at radius 3 is 2.62 bits per heavy atom. The summed E-state index contributed by atoms with van der Waals surface area (Å²) in [5.41, 5.74) is 2.78. The molecule has 0 aliphatic carbocycles. The van der Waals surface area contributed by atoms with Crippen molar-refractivity contribution in [1.29, 1.82) is 0 Å². The molecule has 1 atom stereocenters. The van der Waals surface area contributed by atoms with Crippen molar-refractivity contribution in [3.05, 3.63) is 82.7 Å². The van der Waals surface area contributed by atoms with Crippen molar-refractivity contribution in [3.8, 4) is 17.2 Å². The van der Waals surface area contributed by atoms with Crippen LogP contribution in [-0.4, -0.2) is 17.6 Å². The molecule has 164 valence electrons. The lowest BCUT2D eigenvalue weighted by atomic mass is 9.77. The van der Waals surface area contributed by atoms with Crippen LogP contribution in [0.5, 0.6) is 17.2 Å². The molecule has 3 aromatic rings. The predicted octanol–water partition coefficient (Wildman–Crippen LogP) is 6.17. The predicted molar refractivity (Wildman–Crippen MR) is 122 cm³/mol. The van der Waals surface area contributed by atoms with E-state index in [1.807, 2.05) is 49.4 Å². The van der Waals surface area contributed by atoms with Crippen LogP contribution in [0.3, 0.4) is 0 Å². The fourth-order valence-corrected chi connectivity index (χ4v) is 4.80. The maximum atomic E-state index is 12.9. The Hall–Kier alpha value is -3.34. The van der Waals surface area contributed by atoms with Crippen LogP contribution in [0.25, 0.3) is 0 Å². The molecule has 5 heteroatoms. The number of nitrogens with zero attached hydrogens (tertiary/aromatic N) is 1. The summed E-state index contributed by atoms with van der Waals surface area (Å²) in [5, 5.41) is 0. The number of esters is 1. The van der Waals surface area contributed by atoms with E-state index >= 15 is 0 Å². The Kier molecular flexibility index (Phi) is 5.33. The highest BCUT2D eigenvalue weighted by Gasteiger charge is 2.54. The van der Waals surface area contributed by atoms with Gasteiger partial charge in [0, 0.05) is 29.0 Å². The average Bonchev–Trinajstić information content (AvgIpc) is 3.11. The number of carbonyl (C=O) groups is 1. The molecular weight excluding hydrogens is 402 g/mol. The molecule has 0 saturated carbocycles. The minimum absolute atomic E-state index is 0.355. The van der Waals surface area contributed by atoms with E-state index in [2.05, 4.69) is 18.0 Å². The third-order valence-corrected chi connectivity index (χ3v) is 6.25. The molecule has 1 unspecified atom stereocenters. The fourth-order valence-electron chi connectivity index (χ4n) is 4.80. The van der Waals surface area contributed by atoms with Gasteiger partial charge < -0.3 is 14.2 Å². The number of ether oxygens (including phenoxy) is 3. The smallest absolute Gasteiger partial charge is 0.358 e. The summed E-state index contributed by atoms with van der Waals surface area (Å²) in [4.78, 5) is 17.2. The van der Waals surface area contributed by atoms with Crippen molar-refractivity contribution < 1.29 is 19.0 Å². The Morgan fingerprint density at radius 1 is 0.938 bits per heavy atom. The van der Waals surface area contributed by atoms with Gasteiger partial charge in [0.15, 0.2) is 11.3 Å². The molecule has 2 aliphatic heterocycles. The van der Waals surface area contributed by atoms with Crippen LogP contribution in [0.2, 0.25) is 0 Å². The summed E-state index contributed by atoms with van der Waals surface area (Å²) in [7, 11) is 0.